The number of aromatic hydroxyl groups is 1. The van der Waals surface area contributed by atoms with Crippen LogP contribution in [0.3, 0.4) is 0 Å². The molecular formula is C27H29BrCl2N2O7. The molecule has 1 N–H and O–H groups in total. The van der Waals surface area contributed by atoms with Crippen molar-refractivity contribution in [2.75, 3.05) is 19.7 Å². The highest BCUT2D eigenvalue weighted by atomic mass is 79.9. The lowest BCUT2D eigenvalue weighted by Crippen LogP contribution is -2.60. The van der Waals surface area contributed by atoms with Crippen LogP contribution in [0.2, 0.25) is 0 Å². The van der Waals surface area contributed by atoms with E-state index >= 15 is 0 Å². The number of carbonyl (C=O) groups is 4. The van der Waals surface area contributed by atoms with E-state index in [9.17, 15) is 24.3 Å². The Bertz CT molecular complexity index is 1320. The smallest absolute Gasteiger partial charge is 0.254 e. The summed E-state index contributed by atoms with van der Waals surface area (Å²) in [5.74, 6) is -4.96. The topological polar surface area (TPSA) is 113 Å². The van der Waals surface area contributed by atoms with Gasteiger partial charge in [-0.25, -0.2) is 0 Å². The van der Waals surface area contributed by atoms with Crippen LogP contribution in [-0.2, 0) is 19.2 Å². The Labute approximate surface area is 244 Å². The van der Waals surface area contributed by atoms with E-state index in [1.807, 2.05) is 6.08 Å². The number of amides is 4. The summed E-state index contributed by atoms with van der Waals surface area (Å²) in [4.78, 5) is 53.3. The summed E-state index contributed by atoms with van der Waals surface area (Å²) >= 11 is 17.7. The number of fused-ring (bicyclic) bond motifs is 4. The van der Waals surface area contributed by atoms with Gasteiger partial charge in [0.2, 0.25) is 11.8 Å². The number of benzene rings is 1. The lowest BCUT2D eigenvalue weighted by atomic mass is 9.56. The number of hydrogen-bond donors (Lipinski definition) is 1. The number of ether oxygens (including phenoxy) is 2. The number of methoxy groups -OCH3 is 2. The third-order valence-corrected chi connectivity index (χ3v) is 10.4. The minimum atomic E-state index is -2.01. The molecule has 3 fully saturated rings. The highest BCUT2D eigenvalue weighted by Crippen LogP contribution is 2.67. The van der Waals surface area contributed by atoms with Crippen LogP contribution in [-0.4, -0.2) is 73.5 Å². The van der Waals surface area contributed by atoms with E-state index in [-0.39, 0.29) is 47.4 Å². The maximum atomic E-state index is 13.9. The van der Waals surface area contributed by atoms with Crippen molar-refractivity contribution in [2.45, 2.75) is 54.8 Å². The Kier molecular flexibility index (Phi) is 6.59. The van der Waals surface area contributed by atoms with Crippen molar-refractivity contribution in [3.05, 3.63) is 29.3 Å². The van der Waals surface area contributed by atoms with E-state index in [1.165, 1.54) is 31.3 Å². The van der Waals surface area contributed by atoms with Crippen LogP contribution in [0.15, 0.2) is 23.8 Å². The number of phenolic OH excluding ortho intramolecular Hbond substituents is 1. The van der Waals surface area contributed by atoms with E-state index < -0.39 is 50.8 Å². The Balaban J connectivity index is 1.80. The van der Waals surface area contributed by atoms with Gasteiger partial charge in [0, 0.05) is 29.2 Å². The fourth-order valence-corrected chi connectivity index (χ4v) is 8.35. The second-order valence-corrected chi connectivity index (χ2v) is 13.2. The first-order valence-corrected chi connectivity index (χ1v) is 14.4. The maximum absolute atomic E-state index is 13.9. The molecular weight excluding hydrogens is 615 g/mol. The third-order valence-electron chi connectivity index (χ3n) is 8.50. The second-order valence-electron chi connectivity index (χ2n) is 11.4. The van der Waals surface area contributed by atoms with E-state index in [0.29, 0.717) is 11.1 Å². The molecule has 1 aromatic carbocycles. The van der Waals surface area contributed by atoms with Gasteiger partial charge in [-0.2, -0.15) is 0 Å². The Morgan fingerprint density at radius 2 is 1.62 bits per heavy atom. The largest absolute Gasteiger partial charge is 0.508 e. The molecule has 39 heavy (non-hydrogen) atoms. The number of alkyl halides is 3. The molecule has 12 heteroatoms. The predicted octanol–water partition coefficient (Wildman–Crippen LogP) is 3.92. The zero-order valence-corrected chi connectivity index (χ0v) is 25.2. The van der Waals surface area contributed by atoms with Crippen molar-refractivity contribution in [3.63, 3.8) is 0 Å². The average molecular weight is 644 g/mol. The lowest BCUT2D eigenvalue weighted by Gasteiger charge is -2.51. The summed E-state index contributed by atoms with van der Waals surface area (Å²) in [6, 6.07) is 2.72. The summed E-state index contributed by atoms with van der Waals surface area (Å²) in [5.41, 5.74) is 0.0487. The Morgan fingerprint density at radius 3 is 2.13 bits per heavy atom. The zero-order valence-electron chi connectivity index (χ0n) is 22.1. The van der Waals surface area contributed by atoms with Gasteiger partial charge in [0.25, 0.3) is 11.8 Å². The predicted molar refractivity (Wildman–Crippen MR) is 146 cm³/mol. The molecule has 2 heterocycles. The van der Waals surface area contributed by atoms with Gasteiger partial charge in [0.1, 0.15) is 17.2 Å². The Morgan fingerprint density at radius 1 is 1.03 bits per heavy atom. The zero-order chi connectivity index (χ0) is 28.8. The molecule has 2 aliphatic heterocycles. The summed E-state index contributed by atoms with van der Waals surface area (Å²) in [6.07, 6.45) is 1.98. The minimum absolute atomic E-state index is 0.116. The number of nitrogens with zero attached hydrogens (tertiary/aromatic N) is 2. The van der Waals surface area contributed by atoms with Crippen molar-refractivity contribution in [1.82, 2.24) is 9.80 Å². The fourth-order valence-electron chi connectivity index (χ4n) is 6.94. The van der Waals surface area contributed by atoms with Crippen LogP contribution in [0.4, 0.5) is 0 Å². The molecule has 2 aliphatic carbocycles. The minimum Gasteiger partial charge on any atom is -0.508 e. The lowest BCUT2D eigenvalue weighted by molar-refractivity contribution is -0.146. The number of phenols is 1. The number of allylic oxidation sites excluding steroid dienone is 2. The van der Waals surface area contributed by atoms with E-state index in [4.69, 9.17) is 32.7 Å². The summed E-state index contributed by atoms with van der Waals surface area (Å²) < 4.78 is 11.2. The molecule has 210 valence electrons. The maximum Gasteiger partial charge on any atom is 0.254 e. The number of likely N-dealkylation sites (tertiary alicyclic amines) is 2. The van der Waals surface area contributed by atoms with Gasteiger partial charge < -0.3 is 14.6 Å². The van der Waals surface area contributed by atoms with Crippen molar-refractivity contribution < 1.29 is 33.8 Å². The van der Waals surface area contributed by atoms with Gasteiger partial charge in [0.05, 0.1) is 31.5 Å². The number of hydrogen-bond acceptors (Lipinski definition) is 7. The van der Waals surface area contributed by atoms with Crippen LogP contribution in [0.1, 0.15) is 45.1 Å². The van der Waals surface area contributed by atoms with E-state index in [0.717, 1.165) is 4.90 Å². The molecule has 1 aromatic rings. The average Bonchev–Trinajstić information content (AvgIpc) is 3.21. The molecule has 0 unspecified atom stereocenters. The molecule has 9 nitrogen and oxygen atoms in total. The Hall–Kier alpha value is -2.30. The monoisotopic (exact) mass is 642 g/mol. The summed E-state index contributed by atoms with van der Waals surface area (Å²) in [6.45, 7) is 5.39. The molecule has 4 amide bonds. The van der Waals surface area contributed by atoms with Crippen LogP contribution < -0.4 is 9.47 Å². The van der Waals surface area contributed by atoms with Crippen molar-refractivity contribution in [1.29, 1.82) is 0 Å². The normalized spacial score (nSPS) is 34.1. The molecule has 0 spiro atoms. The first kappa shape index (κ1) is 28.2. The second kappa shape index (κ2) is 9.11. The van der Waals surface area contributed by atoms with Crippen molar-refractivity contribution in [3.8, 4) is 17.2 Å². The van der Waals surface area contributed by atoms with Crippen LogP contribution in [0, 0.1) is 17.8 Å². The highest BCUT2D eigenvalue weighted by Gasteiger charge is 2.77. The molecule has 0 aromatic heterocycles. The van der Waals surface area contributed by atoms with Gasteiger partial charge >= 0.3 is 0 Å². The van der Waals surface area contributed by atoms with E-state index in [1.54, 1.807) is 20.8 Å². The van der Waals surface area contributed by atoms with Gasteiger partial charge in [-0.15, -0.1) is 23.2 Å². The molecule has 2 saturated heterocycles. The van der Waals surface area contributed by atoms with Crippen molar-refractivity contribution in [2.24, 2.45) is 17.8 Å². The first-order valence-electron chi connectivity index (χ1n) is 12.5. The summed E-state index contributed by atoms with van der Waals surface area (Å²) in [5, 5.41) is 10.3. The van der Waals surface area contributed by atoms with Gasteiger partial charge in [0.15, 0.2) is 9.75 Å². The van der Waals surface area contributed by atoms with Crippen molar-refractivity contribution >= 4 is 62.8 Å². The number of carbonyl (C=O) groups excluding carboxylic acids is 4. The number of rotatable bonds is 4. The SMILES string of the molecule is COc1cc(O)cc(OC)c1[C@H]1C2=CC[C@@H]3C(=O)N(C(C)(C)C)C(=O)[C@@H]3[C@@H]2C[C@@]2(Cl)C(=O)N(CBr)C(=O)[C@@]12Cl. The summed E-state index contributed by atoms with van der Waals surface area (Å²) in [7, 11) is 2.79. The van der Waals surface area contributed by atoms with Crippen LogP contribution in [0.25, 0.3) is 0 Å². The molecule has 0 bridgehead atoms. The molecule has 6 atom stereocenters. The molecule has 4 aliphatic rings. The highest BCUT2D eigenvalue weighted by molar-refractivity contribution is 9.09. The van der Waals surface area contributed by atoms with E-state index in [2.05, 4.69) is 15.9 Å². The van der Waals surface area contributed by atoms with Crippen LogP contribution in [0.5, 0.6) is 17.2 Å². The van der Waals surface area contributed by atoms with Gasteiger partial charge in [-0.05, 0) is 39.5 Å². The number of imide groups is 2. The third kappa shape index (κ3) is 3.56. The number of halogens is 3. The van der Waals surface area contributed by atoms with Crippen LogP contribution >= 0.6 is 39.1 Å². The quantitative estimate of drug-likeness (QED) is 0.229. The molecule has 1 saturated carbocycles. The van der Waals surface area contributed by atoms with Gasteiger partial charge in [-0.3, -0.25) is 29.0 Å². The first-order chi connectivity index (χ1) is 18.2. The standard InChI is InChI=1S/C27H29BrCl2N2O7/c1-25(2,3)32-21(34)14-7-6-13-15(18(14)22(32)35)10-26(29)23(36)31(11-28)24(37)27(26,30)20(13)19-16(38-4)8-12(33)9-17(19)39-5/h6,8-9,14-15,18,20,33H,7,10-11H2,1-5H3/t14-,15+,18-,20+,26+,27-/m0/s1. The molecule has 0 radical (unpaired) electrons. The fraction of sp³-hybridized carbons (Fsp3) is 0.556. The molecule has 5 rings (SSSR count). The van der Waals surface area contributed by atoms with Gasteiger partial charge in [-0.1, -0.05) is 27.6 Å².